The van der Waals surface area contributed by atoms with Crippen molar-refractivity contribution in [3.05, 3.63) is 46.8 Å². The van der Waals surface area contributed by atoms with E-state index >= 15 is 0 Å². The second-order valence-electron chi connectivity index (χ2n) is 6.33. The van der Waals surface area contributed by atoms with Gasteiger partial charge in [-0.2, -0.15) is 0 Å². The summed E-state index contributed by atoms with van der Waals surface area (Å²) < 4.78 is 10.8. The first-order valence-corrected chi connectivity index (χ1v) is 8.34. The molecular formula is C19H26N2O3. The number of hydrogen-bond acceptors (Lipinski definition) is 4. The quantitative estimate of drug-likeness (QED) is 0.836. The lowest BCUT2D eigenvalue weighted by molar-refractivity contribution is -0.121. The van der Waals surface area contributed by atoms with Crippen molar-refractivity contribution < 1.29 is 14.1 Å². The maximum Gasteiger partial charge on any atom is 0.220 e. The van der Waals surface area contributed by atoms with Gasteiger partial charge < -0.3 is 14.6 Å². The van der Waals surface area contributed by atoms with E-state index in [4.69, 9.17) is 9.26 Å². The van der Waals surface area contributed by atoms with Gasteiger partial charge in [-0.15, -0.1) is 0 Å². The Labute approximate surface area is 143 Å². The Morgan fingerprint density at radius 1 is 1.21 bits per heavy atom. The Kier molecular flexibility index (Phi) is 6.01. The van der Waals surface area contributed by atoms with Gasteiger partial charge in [0.25, 0.3) is 0 Å². The molecule has 0 radical (unpaired) electrons. The maximum absolute atomic E-state index is 12.2. The van der Waals surface area contributed by atoms with E-state index < -0.39 is 0 Å². The predicted octanol–water partition coefficient (Wildman–Crippen LogP) is 3.89. The SMILES string of the molecule is Cc1noc(C)c1CCC(=O)NC(C)c1ccc(OC(C)C)cc1. The average Bonchev–Trinajstić information content (AvgIpc) is 2.84. The van der Waals surface area contributed by atoms with Gasteiger partial charge in [-0.05, 0) is 58.7 Å². The molecule has 0 fully saturated rings. The summed E-state index contributed by atoms with van der Waals surface area (Å²) >= 11 is 0. The van der Waals surface area contributed by atoms with Gasteiger partial charge in [0.05, 0.1) is 17.8 Å². The molecule has 2 aromatic rings. The highest BCUT2D eigenvalue weighted by Gasteiger charge is 2.13. The average molecular weight is 330 g/mol. The number of carbonyl (C=O) groups is 1. The van der Waals surface area contributed by atoms with Crippen molar-refractivity contribution >= 4 is 5.91 Å². The second kappa shape index (κ2) is 7.99. The highest BCUT2D eigenvalue weighted by atomic mass is 16.5. The van der Waals surface area contributed by atoms with Crippen molar-refractivity contribution in [2.24, 2.45) is 0 Å². The van der Waals surface area contributed by atoms with Gasteiger partial charge in [0.2, 0.25) is 5.91 Å². The molecule has 1 aromatic carbocycles. The van der Waals surface area contributed by atoms with Crippen LogP contribution in [0.15, 0.2) is 28.8 Å². The van der Waals surface area contributed by atoms with Crippen LogP contribution in [0.25, 0.3) is 0 Å². The Bertz CT molecular complexity index is 655. The van der Waals surface area contributed by atoms with E-state index in [0.29, 0.717) is 12.8 Å². The van der Waals surface area contributed by atoms with Crippen molar-refractivity contribution in [1.29, 1.82) is 0 Å². The van der Waals surface area contributed by atoms with Crippen LogP contribution in [0, 0.1) is 13.8 Å². The van der Waals surface area contributed by atoms with E-state index in [-0.39, 0.29) is 18.1 Å². The molecular weight excluding hydrogens is 304 g/mol. The molecule has 0 spiro atoms. The molecule has 130 valence electrons. The third-order valence-electron chi connectivity index (χ3n) is 3.91. The van der Waals surface area contributed by atoms with Crippen LogP contribution in [-0.4, -0.2) is 17.2 Å². The van der Waals surface area contributed by atoms with Gasteiger partial charge in [-0.1, -0.05) is 17.3 Å². The minimum absolute atomic E-state index is 0.0185. The molecule has 2 rings (SSSR count). The fraction of sp³-hybridized carbons (Fsp3) is 0.474. The van der Waals surface area contributed by atoms with E-state index in [1.165, 1.54) is 0 Å². The number of ether oxygens (including phenoxy) is 1. The molecule has 24 heavy (non-hydrogen) atoms. The van der Waals surface area contributed by atoms with E-state index in [2.05, 4.69) is 10.5 Å². The summed E-state index contributed by atoms with van der Waals surface area (Å²) in [4.78, 5) is 12.2. The van der Waals surface area contributed by atoms with E-state index in [1.54, 1.807) is 0 Å². The summed E-state index contributed by atoms with van der Waals surface area (Å²) in [7, 11) is 0. The van der Waals surface area contributed by atoms with Crippen LogP contribution in [0.1, 0.15) is 55.8 Å². The van der Waals surface area contributed by atoms with Crippen LogP contribution in [0.2, 0.25) is 0 Å². The lowest BCUT2D eigenvalue weighted by atomic mass is 10.1. The van der Waals surface area contributed by atoms with Crippen LogP contribution in [0.4, 0.5) is 0 Å². The van der Waals surface area contributed by atoms with Crippen LogP contribution >= 0.6 is 0 Å². The van der Waals surface area contributed by atoms with Gasteiger partial charge in [-0.25, -0.2) is 0 Å². The molecule has 1 heterocycles. The van der Waals surface area contributed by atoms with Crippen LogP contribution in [0.3, 0.4) is 0 Å². The monoisotopic (exact) mass is 330 g/mol. The molecule has 0 aliphatic carbocycles. The van der Waals surface area contributed by atoms with Gasteiger partial charge in [0.1, 0.15) is 11.5 Å². The molecule has 1 aromatic heterocycles. The highest BCUT2D eigenvalue weighted by Crippen LogP contribution is 2.19. The van der Waals surface area contributed by atoms with Crippen molar-refractivity contribution in [3.63, 3.8) is 0 Å². The van der Waals surface area contributed by atoms with Crippen LogP contribution in [-0.2, 0) is 11.2 Å². The van der Waals surface area contributed by atoms with Crippen molar-refractivity contribution in [1.82, 2.24) is 10.5 Å². The number of rotatable bonds is 7. The van der Waals surface area contributed by atoms with Gasteiger partial charge in [0, 0.05) is 12.0 Å². The summed E-state index contributed by atoms with van der Waals surface area (Å²) in [5, 5.41) is 6.94. The Morgan fingerprint density at radius 3 is 2.42 bits per heavy atom. The number of hydrogen-bond donors (Lipinski definition) is 1. The second-order valence-corrected chi connectivity index (χ2v) is 6.33. The van der Waals surface area contributed by atoms with Gasteiger partial charge in [0.15, 0.2) is 0 Å². The molecule has 0 saturated carbocycles. The Morgan fingerprint density at radius 2 is 1.88 bits per heavy atom. The molecule has 1 N–H and O–H groups in total. The topological polar surface area (TPSA) is 64.4 Å². The number of nitrogens with one attached hydrogen (secondary N) is 1. The molecule has 1 unspecified atom stereocenters. The van der Waals surface area contributed by atoms with Gasteiger partial charge in [-0.3, -0.25) is 4.79 Å². The largest absolute Gasteiger partial charge is 0.491 e. The highest BCUT2D eigenvalue weighted by molar-refractivity contribution is 5.76. The number of benzene rings is 1. The Hall–Kier alpha value is -2.30. The zero-order valence-corrected chi connectivity index (χ0v) is 15.1. The Balaban J connectivity index is 1.87. The number of amides is 1. The molecule has 0 saturated heterocycles. The number of carbonyl (C=O) groups excluding carboxylic acids is 1. The molecule has 1 amide bonds. The van der Waals surface area contributed by atoms with E-state index in [0.717, 1.165) is 28.3 Å². The lowest BCUT2D eigenvalue weighted by Crippen LogP contribution is -2.26. The smallest absolute Gasteiger partial charge is 0.220 e. The summed E-state index contributed by atoms with van der Waals surface area (Å²) in [5.74, 6) is 1.64. The number of nitrogens with zero attached hydrogens (tertiary/aromatic N) is 1. The fourth-order valence-corrected chi connectivity index (χ4v) is 2.60. The van der Waals surface area contributed by atoms with Crippen molar-refractivity contribution in [2.45, 2.75) is 59.6 Å². The maximum atomic E-state index is 12.2. The molecule has 0 aliphatic rings. The van der Waals surface area contributed by atoms with Crippen molar-refractivity contribution in [2.75, 3.05) is 0 Å². The minimum Gasteiger partial charge on any atom is -0.491 e. The summed E-state index contributed by atoms with van der Waals surface area (Å²) in [6.07, 6.45) is 1.21. The molecule has 0 bridgehead atoms. The first-order valence-electron chi connectivity index (χ1n) is 8.34. The van der Waals surface area contributed by atoms with Crippen LogP contribution < -0.4 is 10.1 Å². The predicted molar refractivity (Wildman–Crippen MR) is 93.1 cm³/mol. The third kappa shape index (κ3) is 4.85. The molecule has 0 aliphatic heterocycles. The van der Waals surface area contributed by atoms with Gasteiger partial charge >= 0.3 is 0 Å². The normalized spacial score (nSPS) is 12.2. The first-order chi connectivity index (χ1) is 11.4. The van der Waals surface area contributed by atoms with E-state index in [1.807, 2.05) is 58.9 Å². The first kappa shape index (κ1) is 18.0. The molecule has 5 heteroatoms. The molecule has 5 nitrogen and oxygen atoms in total. The molecule has 1 atom stereocenters. The van der Waals surface area contributed by atoms with E-state index in [9.17, 15) is 4.79 Å². The zero-order valence-electron chi connectivity index (χ0n) is 15.1. The summed E-state index contributed by atoms with van der Waals surface area (Å²) in [6.45, 7) is 9.74. The number of aryl methyl sites for hydroxylation is 2. The summed E-state index contributed by atoms with van der Waals surface area (Å²) in [6, 6.07) is 7.78. The minimum atomic E-state index is -0.0460. The standard InChI is InChI=1S/C19H26N2O3/c1-12(2)23-17-8-6-16(7-9-17)13(3)20-19(22)11-10-18-14(4)21-24-15(18)5/h6-9,12-13H,10-11H2,1-5H3,(H,20,22). The third-order valence-corrected chi connectivity index (χ3v) is 3.91. The lowest BCUT2D eigenvalue weighted by Gasteiger charge is -2.16. The van der Waals surface area contributed by atoms with Crippen molar-refractivity contribution in [3.8, 4) is 5.75 Å². The fourth-order valence-electron chi connectivity index (χ4n) is 2.60. The summed E-state index contributed by atoms with van der Waals surface area (Å²) in [5.41, 5.74) is 2.93. The van der Waals surface area contributed by atoms with Crippen LogP contribution in [0.5, 0.6) is 5.75 Å². The number of aromatic nitrogens is 1. The zero-order chi connectivity index (χ0) is 17.7.